The number of nitrogens with zero attached hydrogens (tertiary/aromatic N) is 3. The van der Waals surface area contributed by atoms with Gasteiger partial charge in [0.25, 0.3) is 5.91 Å². The highest BCUT2D eigenvalue weighted by Gasteiger charge is 2.36. The van der Waals surface area contributed by atoms with Crippen LogP contribution in [0, 0.1) is 0 Å². The van der Waals surface area contributed by atoms with Gasteiger partial charge in [0.1, 0.15) is 11.3 Å². The van der Waals surface area contributed by atoms with E-state index < -0.39 is 17.8 Å². The van der Waals surface area contributed by atoms with Gasteiger partial charge in [-0.05, 0) is 43.7 Å². The van der Waals surface area contributed by atoms with Crippen LogP contribution >= 0.6 is 0 Å². The molecule has 148 valence electrons. The molecule has 0 saturated heterocycles. The zero-order valence-corrected chi connectivity index (χ0v) is 15.5. The van der Waals surface area contributed by atoms with Crippen LogP contribution in [0.25, 0.3) is 16.9 Å². The Morgan fingerprint density at radius 2 is 1.96 bits per heavy atom. The largest absolute Gasteiger partial charge is 0.497 e. The zero-order chi connectivity index (χ0) is 20.5. The highest BCUT2D eigenvalue weighted by molar-refractivity contribution is 6.00. The molecular weight excluding hydrogens is 373 g/mol. The fourth-order valence-corrected chi connectivity index (χ4v) is 2.64. The Hall–Kier alpha value is -3.10. The Balaban J connectivity index is 2.17. The van der Waals surface area contributed by atoms with Crippen molar-refractivity contribution in [2.24, 2.45) is 0 Å². The number of benzene rings is 1. The van der Waals surface area contributed by atoms with Crippen molar-refractivity contribution in [3.8, 4) is 17.0 Å². The molecule has 3 rings (SSSR count). The molecule has 0 saturated carbocycles. The van der Waals surface area contributed by atoms with E-state index in [4.69, 9.17) is 4.74 Å². The van der Waals surface area contributed by atoms with Crippen LogP contribution < -0.4 is 10.1 Å². The van der Waals surface area contributed by atoms with Gasteiger partial charge in [-0.1, -0.05) is 6.92 Å². The van der Waals surface area contributed by atoms with Gasteiger partial charge in [-0.25, -0.2) is 9.50 Å². The molecule has 9 heteroatoms. The van der Waals surface area contributed by atoms with Crippen LogP contribution in [-0.4, -0.2) is 33.7 Å². The maximum Gasteiger partial charge on any atom is 0.433 e. The molecule has 0 aliphatic rings. The summed E-state index contributed by atoms with van der Waals surface area (Å²) in [5.41, 5.74) is -0.627. The molecule has 0 unspecified atom stereocenters. The minimum atomic E-state index is -4.67. The monoisotopic (exact) mass is 392 g/mol. The molecule has 2 aromatic heterocycles. The number of hydrogen-bond donors (Lipinski definition) is 1. The minimum absolute atomic E-state index is 0.0128. The molecule has 0 fully saturated rings. The first kappa shape index (κ1) is 19.7. The molecule has 0 aliphatic carbocycles. The average Bonchev–Trinajstić information content (AvgIpc) is 3.10. The molecule has 0 aliphatic heterocycles. The third-order valence-electron chi connectivity index (χ3n) is 4.38. The fraction of sp³-hybridized carbons (Fsp3) is 0.316. The van der Waals surface area contributed by atoms with Crippen LogP contribution in [0.1, 0.15) is 36.3 Å². The summed E-state index contributed by atoms with van der Waals surface area (Å²) in [5.74, 6) is 0.0516. The molecular formula is C19H19F3N4O2. The second kappa shape index (κ2) is 7.49. The highest BCUT2D eigenvalue weighted by atomic mass is 19.4. The number of methoxy groups -OCH3 is 1. The number of amides is 1. The Labute approximate surface area is 159 Å². The van der Waals surface area contributed by atoms with E-state index in [2.05, 4.69) is 15.4 Å². The highest BCUT2D eigenvalue weighted by Crippen LogP contribution is 2.33. The third kappa shape index (κ3) is 3.78. The van der Waals surface area contributed by atoms with Crippen molar-refractivity contribution in [1.29, 1.82) is 0 Å². The van der Waals surface area contributed by atoms with Crippen LogP contribution in [-0.2, 0) is 6.18 Å². The number of aromatic nitrogens is 3. The van der Waals surface area contributed by atoms with Gasteiger partial charge < -0.3 is 10.1 Å². The third-order valence-corrected chi connectivity index (χ3v) is 4.38. The topological polar surface area (TPSA) is 68.5 Å². The number of halogens is 3. The lowest BCUT2D eigenvalue weighted by Gasteiger charge is -2.13. The van der Waals surface area contributed by atoms with Gasteiger partial charge in [-0.2, -0.15) is 18.3 Å². The first-order valence-corrected chi connectivity index (χ1v) is 8.65. The van der Waals surface area contributed by atoms with Crippen molar-refractivity contribution in [1.82, 2.24) is 19.9 Å². The van der Waals surface area contributed by atoms with Crippen molar-refractivity contribution in [3.05, 3.63) is 47.8 Å². The normalized spacial score (nSPS) is 12.8. The molecule has 6 nitrogen and oxygen atoms in total. The molecule has 1 amide bonds. The van der Waals surface area contributed by atoms with Gasteiger partial charge in [-0.15, -0.1) is 0 Å². The first-order valence-electron chi connectivity index (χ1n) is 8.65. The first-order chi connectivity index (χ1) is 13.2. The van der Waals surface area contributed by atoms with E-state index in [-0.39, 0.29) is 22.9 Å². The van der Waals surface area contributed by atoms with Gasteiger partial charge in [0.05, 0.1) is 19.0 Å². The molecule has 28 heavy (non-hydrogen) atoms. The maximum absolute atomic E-state index is 13.6. The van der Waals surface area contributed by atoms with Gasteiger partial charge in [0, 0.05) is 11.6 Å². The minimum Gasteiger partial charge on any atom is -0.497 e. The van der Waals surface area contributed by atoms with E-state index in [0.717, 1.165) is 12.3 Å². The van der Waals surface area contributed by atoms with Crippen molar-refractivity contribution < 1.29 is 22.7 Å². The molecule has 1 aromatic carbocycles. The lowest BCUT2D eigenvalue weighted by Crippen LogP contribution is -2.32. The van der Waals surface area contributed by atoms with E-state index in [1.807, 2.05) is 6.92 Å². The number of carbonyl (C=O) groups excluding carboxylic acids is 1. The lowest BCUT2D eigenvalue weighted by atomic mass is 10.1. The molecule has 3 aromatic rings. The fourth-order valence-electron chi connectivity index (χ4n) is 2.64. The summed E-state index contributed by atoms with van der Waals surface area (Å²) in [5, 5.41) is 6.48. The van der Waals surface area contributed by atoms with Crippen molar-refractivity contribution in [3.63, 3.8) is 0 Å². The molecule has 0 bridgehead atoms. The molecule has 1 N–H and O–H groups in total. The second-order valence-electron chi connectivity index (χ2n) is 6.33. The predicted molar refractivity (Wildman–Crippen MR) is 97.2 cm³/mol. The number of fused-ring (bicyclic) bond motifs is 1. The molecule has 0 spiro atoms. The van der Waals surface area contributed by atoms with Crippen molar-refractivity contribution in [2.45, 2.75) is 32.5 Å². The van der Waals surface area contributed by atoms with E-state index >= 15 is 0 Å². The Kier molecular flexibility index (Phi) is 5.26. The van der Waals surface area contributed by atoms with Gasteiger partial charge in [-0.3, -0.25) is 4.79 Å². The van der Waals surface area contributed by atoms with Crippen molar-refractivity contribution >= 4 is 11.6 Å². The van der Waals surface area contributed by atoms with Gasteiger partial charge in [0.2, 0.25) is 0 Å². The smallest absolute Gasteiger partial charge is 0.433 e. The Morgan fingerprint density at radius 3 is 2.54 bits per heavy atom. The molecule has 2 heterocycles. The van der Waals surface area contributed by atoms with Crippen LogP contribution in [0.5, 0.6) is 5.75 Å². The Morgan fingerprint density at radius 1 is 1.29 bits per heavy atom. The standard InChI is InChI=1S/C19H19F3N4O2/c1-4-11(2)24-18(27)14-10-23-26-16(19(20,21)22)9-15(25-17(14)26)12-5-7-13(28-3)8-6-12/h5-11H,4H2,1-3H3,(H,24,27)/t11-/m1/s1. The summed E-state index contributed by atoms with van der Waals surface area (Å²) in [6.45, 7) is 3.70. The van der Waals surface area contributed by atoms with Crippen LogP contribution in [0.3, 0.4) is 0 Å². The SMILES string of the molecule is CC[C@@H](C)NC(=O)c1cnn2c(C(F)(F)F)cc(-c3ccc(OC)cc3)nc12. The maximum atomic E-state index is 13.6. The van der Waals surface area contributed by atoms with Gasteiger partial charge >= 0.3 is 6.18 Å². The van der Waals surface area contributed by atoms with E-state index in [1.165, 1.54) is 7.11 Å². The van der Waals surface area contributed by atoms with E-state index in [9.17, 15) is 18.0 Å². The average molecular weight is 392 g/mol. The summed E-state index contributed by atoms with van der Waals surface area (Å²) in [6.07, 6.45) is -2.88. The zero-order valence-electron chi connectivity index (χ0n) is 15.5. The van der Waals surface area contributed by atoms with E-state index in [1.54, 1.807) is 31.2 Å². The lowest BCUT2D eigenvalue weighted by molar-refractivity contribution is -0.142. The molecule has 0 radical (unpaired) electrons. The van der Waals surface area contributed by atoms with Crippen molar-refractivity contribution in [2.75, 3.05) is 7.11 Å². The van der Waals surface area contributed by atoms with Crippen LogP contribution in [0.2, 0.25) is 0 Å². The quantitative estimate of drug-likeness (QED) is 0.714. The summed E-state index contributed by atoms with van der Waals surface area (Å²) in [7, 11) is 1.50. The number of nitrogens with one attached hydrogen (secondary N) is 1. The number of ether oxygens (including phenoxy) is 1. The van der Waals surface area contributed by atoms with Gasteiger partial charge in [0.15, 0.2) is 11.3 Å². The number of carbonyl (C=O) groups is 1. The predicted octanol–water partition coefficient (Wildman–Crippen LogP) is 3.95. The second-order valence-corrected chi connectivity index (χ2v) is 6.33. The number of rotatable bonds is 5. The van der Waals surface area contributed by atoms with Crippen LogP contribution in [0.4, 0.5) is 13.2 Å². The van der Waals surface area contributed by atoms with E-state index in [0.29, 0.717) is 22.2 Å². The number of alkyl halides is 3. The summed E-state index contributed by atoms with van der Waals surface area (Å²) < 4.78 is 46.5. The molecule has 1 atom stereocenters. The van der Waals surface area contributed by atoms with Crippen LogP contribution in [0.15, 0.2) is 36.5 Å². The summed E-state index contributed by atoms with van der Waals surface area (Å²) >= 11 is 0. The number of hydrogen-bond acceptors (Lipinski definition) is 4. The Bertz CT molecular complexity index is 997. The summed E-state index contributed by atoms with van der Waals surface area (Å²) in [6, 6.07) is 7.25. The summed E-state index contributed by atoms with van der Waals surface area (Å²) in [4.78, 5) is 16.8.